The molecule has 1 unspecified atom stereocenters. The van der Waals surface area contributed by atoms with Crippen LogP contribution in [0, 0.1) is 6.92 Å². The Morgan fingerprint density at radius 1 is 0.972 bits per heavy atom. The fraction of sp³-hybridized carbons (Fsp3) is 0.323. The smallest absolute Gasteiger partial charge is 0.251 e. The van der Waals surface area contributed by atoms with Crippen LogP contribution >= 0.6 is 0 Å². The number of carbonyl (C=O) groups excluding carboxylic acids is 1. The van der Waals surface area contributed by atoms with Crippen molar-refractivity contribution in [2.75, 3.05) is 38.1 Å². The highest BCUT2D eigenvalue weighted by Crippen LogP contribution is 2.30. The Morgan fingerprint density at radius 3 is 2.42 bits per heavy atom. The minimum atomic E-state index is -0.0387. The van der Waals surface area contributed by atoms with Crippen molar-refractivity contribution in [2.24, 2.45) is 0 Å². The van der Waals surface area contributed by atoms with E-state index in [1.807, 2.05) is 18.2 Å². The van der Waals surface area contributed by atoms with Gasteiger partial charge in [0.25, 0.3) is 5.91 Å². The second kappa shape index (κ2) is 11.2. The number of carbonyl (C=O) groups is 1. The van der Waals surface area contributed by atoms with Crippen LogP contribution in [0.15, 0.2) is 72.3 Å². The molecule has 0 aromatic heterocycles. The summed E-state index contributed by atoms with van der Waals surface area (Å²) in [6.07, 6.45) is 4.36. The van der Waals surface area contributed by atoms with Crippen molar-refractivity contribution in [1.82, 2.24) is 10.2 Å². The lowest BCUT2D eigenvalue weighted by molar-refractivity contribution is -0.112. The Morgan fingerprint density at radius 2 is 1.69 bits per heavy atom. The minimum Gasteiger partial charge on any atom is -0.396 e. The number of piperazine rings is 1. The van der Waals surface area contributed by atoms with Crippen molar-refractivity contribution in [3.63, 3.8) is 0 Å². The number of amides is 1. The molecule has 5 heteroatoms. The number of hydrogen-bond acceptors (Lipinski definition) is 4. The second-order valence-electron chi connectivity index (χ2n) is 9.84. The maximum atomic E-state index is 13.1. The first-order chi connectivity index (χ1) is 17.6. The van der Waals surface area contributed by atoms with E-state index in [4.69, 9.17) is 0 Å². The van der Waals surface area contributed by atoms with Gasteiger partial charge in [-0.15, -0.1) is 0 Å². The summed E-state index contributed by atoms with van der Waals surface area (Å²) in [4.78, 5) is 15.5. The normalized spacial score (nSPS) is 16.7. The molecule has 3 aromatic rings. The van der Waals surface area contributed by atoms with Crippen LogP contribution in [0.1, 0.15) is 41.1 Å². The molecule has 1 atom stereocenters. The molecule has 2 aliphatic rings. The van der Waals surface area contributed by atoms with Gasteiger partial charge >= 0.3 is 0 Å². The molecule has 3 aromatic carbocycles. The van der Waals surface area contributed by atoms with Gasteiger partial charge in [-0.1, -0.05) is 54.1 Å². The number of benzene rings is 3. The van der Waals surface area contributed by atoms with Crippen molar-refractivity contribution >= 4 is 17.7 Å². The summed E-state index contributed by atoms with van der Waals surface area (Å²) in [5.41, 5.74) is 8.81. The van der Waals surface area contributed by atoms with Crippen LogP contribution < -0.4 is 10.6 Å². The summed E-state index contributed by atoms with van der Waals surface area (Å²) >= 11 is 0. The fourth-order valence-electron chi connectivity index (χ4n) is 5.27. The Labute approximate surface area is 213 Å². The summed E-state index contributed by atoms with van der Waals surface area (Å²) in [6, 6.07) is 23.4. The molecule has 0 spiro atoms. The third kappa shape index (κ3) is 5.59. The van der Waals surface area contributed by atoms with Crippen LogP contribution in [-0.2, 0) is 11.2 Å². The molecule has 5 nitrogen and oxygen atoms in total. The van der Waals surface area contributed by atoms with Gasteiger partial charge in [-0.3, -0.25) is 9.69 Å². The number of aliphatic hydroxyl groups is 1. The molecule has 1 saturated heterocycles. The first kappa shape index (κ1) is 24.4. The topological polar surface area (TPSA) is 64.6 Å². The summed E-state index contributed by atoms with van der Waals surface area (Å²) in [6.45, 7) is 6.16. The quantitative estimate of drug-likeness (QED) is 0.446. The average Bonchev–Trinajstić information content (AvgIpc) is 2.92. The van der Waals surface area contributed by atoms with Crippen LogP contribution in [0.4, 0.5) is 5.69 Å². The largest absolute Gasteiger partial charge is 0.396 e. The maximum absolute atomic E-state index is 13.1. The number of fused-ring (bicyclic) bond motifs is 1. The summed E-state index contributed by atoms with van der Waals surface area (Å²) in [5, 5.41) is 16.1. The molecular weight excluding hydrogens is 446 g/mol. The Kier molecular flexibility index (Phi) is 7.61. The predicted octanol–water partition coefficient (Wildman–Crippen LogP) is 4.96. The molecule has 1 fully saturated rings. The first-order valence-corrected chi connectivity index (χ1v) is 13.0. The van der Waals surface area contributed by atoms with Crippen LogP contribution in [-0.4, -0.2) is 48.7 Å². The summed E-state index contributed by atoms with van der Waals surface area (Å²) < 4.78 is 0. The van der Waals surface area contributed by atoms with Crippen molar-refractivity contribution in [2.45, 2.75) is 32.2 Å². The van der Waals surface area contributed by atoms with Gasteiger partial charge in [-0.25, -0.2) is 0 Å². The summed E-state index contributed by atoms with van der Waals surface area (Å²) in [7, 11) is 0. The molecule has 0 bridgehead atoms. The van der Waals surface area contributed by atoms with E-state index in [1.165, 1.54) is 27.8 Å². The zero-order valence-corrected chi connectivity index (χ0v) is 21.0. The molecule has 0 radical (unpaired) electrons. The average molecular weight is 482 g/mol. The lowest BCUT2D eigenvalue weighted by Crippen LogP contribution is -2.45. The fourth-order valence-corrected chi connectivity index (χ4v) is 5.27. The number of hydrogen-bond donors (Lipinski definition) is 3. The standard InChI is InChI=1S/C31H35N3O2/c1-22-2-4-23(5-3-22)26-8-6-24-7-9-27(21-28(24)20-26)31(36)33-29-12-10-25(11-13-29)30(14-19-35)34-17-15-32-16-18-34/h2-6,8,10-13,20-21,30,32,35H,7,9,14-19H2,1H3,(H,33,36). The molecule has 1 heterocycles. The van der Waals surface area contributed by atoms with Crippen LogP contribution in [0.2, 0.25) is 0 Å². The highest BCUT2D eigenvalue weighted by Gasteiger charge is 2.22. The van der Waals surface area contributed by atoms with Crippen molar-refractivity contribution in [3.8, 4) is 11.1 Å². The van der Waals surface area contributed by atoms with Crippen molar-refractivity contribution in [3.05, 3.63) is 94.6 Å². The van der Waals surface area contributed by atoms with Gasteiger partial charge in [0.2, 0.25) is 0 Å². The Balaban J connectivity index is 1.29. The predicted molar refractivity (Wildman–Crippen MR) is 147 cm³/mol. The molecular formula is C31H35N3O2. The highest BCUT2D eigenvalue weighted by atomic mass is 16.3. The third-order valence-electron chi connectivity index (χ3n) is 7.36. The van der Waals surface area contributed by atoms with Gasteiger partial charge < -0.3 is 15.7 Å². The molecule has 186 valence electrons. The Hall–Kier alpha value is -3.25. The SMILES string of the molecule is Cc1ccc(-c2ccc3c(c2)C=C(C(=O)Nc2ccc(C(CCO)N4CCNCC4)cc2)CC3)cc1. The van der Waals surface area contributed by atoms with E-state index in [2.05, 4.69) is 77.1 Å². The van der Waals surface area contributed by atoms with Gasteiger partial charge in [0, 0.05) is 50.1 Å². The van der Waals surface area contributed by atoms with Gasteiger partial charge in [0.05, 0.1) is 0 Å². The lowest BCUT2D eigenvalue weighted by atomic mass is 9.89. The van der Waals surface area contributed by atoms with Gasteiger partial charge in [0.1, 0.15) is 0 Å². The number of rotatable bonds is 7. The minimum absolute atomic E-state index is 0.0387. The lowest BCUT2D eigenvalue weighted by Gasteiger charge is -2.35. The number of nitrogens with one attached hydrogen (secondary N) is 2. The van der Waals surface area contributed by atoms with Crippen LogP contribution in [0.5, 0.6) is 0 Å². The Bertz CT molecular complexity index is 1230. The molecule has 5 rings (SSSR count). The van der Waals surface area contributed by atoms with E-state index in [0.717, 1.165) is 55.8 Å². The molecule has 1 aliphatic heterocycles. The van der Waals surface area contributed by atoms with Crippen LogP contribution in [0.3, 0.4) is 0 Å². The van der Waals surface area contributed by atoms with E-state index in [0.29, 0.717) is 6.42 Å². The maximum Gasteiger partial charge on any atom is 0.251 e. The van der Waals surface area contributed by atoms with E-state index in [-0.39, 0.29) is 18.6 Å². The number of aryl methyl sites for hydroxylation is 2. The molecule has 36 heavy (non-hydrogen) atoms. The van der Waals surface area contributed by atoms with E-state index in [1.54, 1.807) is 0 Å². The zero-order chi connectivity index (χ0) is 24.9. The highest BCUT2D eigenvalue weighted by molar-refractivity contribution is 6.07. The molecule has 3 N–H and O–H groups in total. The van der Waals surface area contributed by atoms with Gasteiger partial charge in [0.15, 0.2) is 0 Å². The number of anilines is 1. The number of aliphatic hydroxyl groups excluding tert-OH is 1. The first-order valence-electron chi connectivity index (χ1n) is 13.0. The van der Waals surface area contributed by atoms with Crippen molar-refractivity contribution < 1.29 is 9.90 Å². The van der Waals surface area contributed by atoms with E-state index in [9.17, 15) is 9.90 Å². The number of nitrogens with zero attached hydrogens (tertiary/aromatic N) is 1. The molecule has 1 aliphatic carbocycles. The van der Waals surface area contributed by atoms with Crippen LogP contribution in [0.25, 0.3) is 17.2 Å². The third-order valence-corrected chi connectivity index (χ3v) is 7.36. The van der Waals surface area contributed by atoms with Gasteiger partial charge in [-0.2, -0.15) is 0 Å². The molecule has 0 saturated carbocycles. The molecule has 1 amide bonds. The second-order valence-corrected chi connectivity index (χ2v) is 9.84. The van der Waals surface area contributed by atoms with Gasteiger partial charge in [-0.05, 0) is 78.3 Å². The van der Waals surface area contributed by atoms with E-state index < -0.39 is 0 Å². The van der Waals surface area contributed by atoms with E-state index >= 15 is 0 Å². The zero-order valence-electron chi connectivity index (χ0n) is 21.0. The van der Waals surface area contributed by atoms with Crippen molar-refractivity contribution in [1.29, 1.82) is 0 Å². The summed E-state index contributed by atoms with van der Waals surface area (Å²) in [5.74, 6) is -0.0387. The monoisotopic (exact) mass is 481 g/mol.